The summed E-state index contributed by atoms with van der Waals surface area (Å²) in [7, 11) is 1.52. The highest BCUT2D eigenvalue weighted by Crippen LogP contribution is 2.32. The van der Waals surface area contributed by atoms with Gasteiger partial charge in [0.2, 0.25) is 0 Å². The number of hydrogen-bond donors (Lipinski definition) is 1. The number of aromatic nitrogens is 2. The summed E-state index contributed by atoms with van der Waals surface area (Å²) in [6, 6.07) is 17.8. The zero-order chi connectivity index (χ0) is 21.8. The van der Waals surface area contributed by atoms with Crippen LogP contribution in [0.4, 0.5) is 4.39 Å². The zero-order valence-corrected chi connectivity index (χ0v) is 16.9. The van der Waals surface area contributed by atoms with E-state index in [4.69, 9.17) is 14.6 Å². The zero-order valence-electron chi connectivity index (χ0n) is 16.9. The van der Waals surface area contributed by atoms with Crippen LogP contribution in [0.3, 0.4) is 0 Å². The fraction of sp³-hybridized carbons (Fsp3) is 0.167. The lowest BCUT2D eigenvalue weighted by Gasteiger charge is -2.11. The maximum atomic E-state index is 14.3. The van der Waals surface area contributed by atoms with E-state index < -0.39 is 5.97 Å². The molecule has 1 heterocycles. The lowest BCUT2D eigenvalue weighted by atomic mass is 10.0. The number of carboxylic acid groups (broad SMARTS) is 1. The average Bonchev–Trinajstić information content (AvgIpc) is 3.18. The summed E-state index contributed by atoms with van der Waals surface area (Å²) in [6.45, 7) is 0.672. The number of ether oxygens (including phenoxy) is 2. The molecule has 0 saturated heterocycles. The highest BCUT2D eigenvalue weighted by Gasteiger charge is 2.11. The molecule has 0 aliphatic carbocycles. The number of rotatable bonds is 8. The van der Waals surface area contributed by atoms with Crippen LogP contribution < -0.4 is 9.47 Å². The largest absolute Gasteiger partial charge is 0.496 e. The van der Waals surface area contributed by atoms with E-state index >= 15 is 0 Å². The van der Waals surface area contributed by atoms with Gasteiger partial charge in [-0.05, 0) is 41.5 Å². The lowest BCUT2D eigenvalue weighted by Crippen LogP contribution is -2.05. The molecule has 0 aliphatic rings. The summed E-state index contributed by atoms with van der Waals surface area (Å²) in [5.74, 6) is -0.0186. The van der Waals surface area contributed by atoms with Crippen LogP contribution in [0.5, 0.6) is 11.5 Å². The Kier molecular flexibility index (Phi) is 5.84. The Hall–Kier alpha value is -3.87. The molecule has 158 valence electrons. The van der Waals surface area contributed by atoms with Crippen LogP contribution in [-0.4, -0.2) is 28.0 Å². The normalized spacial score (nSPS) is 10.9. The van der Waals surface area contributed by atoms with Crippen molar-refractivity contribution in [3.63, 3.8) is 0 Å². The van der Waals surface area contributed by atoms with Crippen LogP contribution in [0.2, 0.25) is 0 Å². The number of carbonyl (C=O) groups is 1. The van der Waals surface area contributed by atoms with E-state index in [1.54, 1.807) is 23.0 Å². The second-order valence-electron chi connectivity index (χ2n) is 7.03. The topological polar surface area (TPSA) is 73.6 Å². The van der Waals surface area contributed by atoms with Gasteiger partial charge in [-0.2, -0.15) is 5.10 Å². The molecule has 0 amide bonds. The molecule has 0 aliphatic heterocycles. The molecule has 0 spiro atoms. The molecule has 0 unspecified atom stereocenters. The van der Waals surface area contributed by atoms with Gasteiger partial charge in [-0.25, -0.2) is 4.39 Å². The van der Waals surface area contributed by atoms with Gasteiger partial charge in [-0.1, -0.05) is 30.3 Å². The molecule has 0 atom stereocenters. The number of aryl methyl sites for hydroxylation is 1. The minimum atomic E-state index is -0.858. The van der Waals surface area contributed by atoms with Crippen LogP contribution in [-0.2, 0) is 17.9 Å². The third kappa shape index (κ3) is 4.50. The summed E-state index contributed by atoms with van der Waals surface area (Å²) in [4.78, 5) is 10.8. The second-order valence-corrected chi connectivity index (χ2v) is 7.03. The highest BCUT2D eigenvalue weighted by molar-refractivity contribution is 5.80. The molecule has 4 rings (SSSR count). The molecule has 31 heavy (non-hydrogen) atoms. The van der Waals surface area contributed by atoms with Crippen molar-refractivity contribution in [3.8, 4) is 22.6 Å². The number of benzene rings is 3. The van der Waals surface area contributed by atoms with Gasteiger partial charge >= 0.3 is 5.97 Å². The Balaban J connectivity index is 1.45. The fourth-order valence-corrected chi connectivity index (χ4v) is 3.42. The Morgan fingerprint density at radius 2 is 1.94 bits per heavy atom. The van der Waals surface area contributed by atoms with E-state index in [1.807, 2.05) is 42.5 Å². The SMILES string of the molecule is COc1cccc(F)c1-c1ccc(COc2ccc3c(cnn3CCC(=O)O)c2)cc1. The fourth-order valence-electron chi connectivity index (χ4n) is 3.42. The highest BCUT2D eigenvalue weighted by atomic mass is 19.1. The van der Waals surface area contributed by atoms with Gasteiger partial charge in [0.15, 0.2) is 0 Å². The van der Waals surface area contributed by atoms with Crippen LogP contribution >= 0.6 is 0 Å². The molecule has 0 radical (unpaired) electrons. The lowest BCUT2D eigenvalue weighted by molar-refractivity contribution is -0.137. The summed E-state index contributed by atoms with van der Waals surface area (Å²) in [6.07, 6.45) is 1.71. The van der Waals surface area contributed by atoms with Crippen molar-refractivity contribution >= 4 is 16.9 Å². The molecule has 0 saturated carbocycles. The summed E-state index contributed by atoms with van der Waals surface area (Å²) in [5, 5.41) is 14.0. The Morgan fingerprint density at radius 3 is 2.68 bits per heavy atom. The third-order valence-electron chi connectivity index (χ3n) is 4.99. The van der Waals surface area contributed by atoms with Gasteiger partial charge in [-0.15, -0.1) is 0 Å². The predicted octanol–water partition coefficient (Wildman–Crippen LogP) is 4.90. The van der Waals surface area contributed by atoms with Crippen molar-refractivity contribution in [1.82, 2.24) is 9.78 Å². The smallest absolute Gasteiger partial charge is 0.305 e. The maximum Gasteiger partial charge on any atom is 0.305 e. The maximum absolute atomic E-state index is 14.3. The first-order valence-corrected chi connectivity index (χ1v) is 9.77. The molecule has 3 aromatic carbocycles. The van der Waals surface area contributed by atoms with Crippen LogP contribution in [0, 0.1) is 5.82 Å². The van der Waals surface area contributed by atoms with E-state index in [0.29, 0.717) is 30.2 Å². The van der Waals surface area contributed by atoms with Crippen LogP contribution in [0.15, 0.2) is 66.9 Å². The monoisotopic (exact) mass is 420 g/mol. The number of carboxylic acids is 1. The van der Waals surface area contributed by atoms with E-state index in [-0.39, 0.29) is 12.2 Å². The minimum Gasteiger partial charge on any atom is -0.496 e. The molecule has 1 N–H and O–H groups in total. The van der Waals surface area contributed by atoms with Crippen molar-refractivity contribution in [3.05, 3.63) is 78.2 Å². The molecule has 1 aromatic heterocycles. The van der Waals surface area contributed by atoms with Gasteiger partial charge in [0.1, 0.15) is 23.9 Å². The number of halogens is 1. The van der Waals surface area contributed by atoms with Crippen LogP contribution in [0.25, 0.3) is 22.0 Å². The molecule has 0 bridgehead atoms. The minimum absolute atomic E-state index is 0.0176. The standard InChI is InChI=1S/C24H21FN2O4/c1-30-22-4-2-3-20(25)24(22)17-7-5-16(6-8-17)15-31-19-9-10-21-18(13-19)14-26-27(21)12-11-23(28)29/h2-10,13-14H,11-12,15H2,1H3,(H,28,29). The predicted molar refractivity (Wildman–Crippen MR) is 115 cm³/mol. The number of methoxy groups -OCH3 is 1. The van der Waals surface area contributed by atoms with Gasteiger partial charge in [0.05, 0.1) is 37.4 Å². The first-order chi connectivity index (χ1) is 15.0. The number of nitrogens with zero attached hydrogens (tertiary/aromatic N) is 2. The van der Waals surface area contributed by atoms with E-state index in [2.05, 4.69) is 5.10 Å². The Bertz CT molecular complexity index is 1220. The summed E-state index contributed by atoms with van der Waals surface area (Å²) < 4.78 is 27.1. The first kappa shape index (κ1) is 20.4. The first-order valence-electron chi connectivity index (χ1n) is 9.77. The molecular formula is C24H21FN2O4. The summed E-state index contributed by atoms with van der Waals surface area (Å²) >= 11 is 0. The van der Waals surface area contributed by atoms with Crippen molar-refractivity contribution in [2.75, 3.05) is 7.11 Å². The molecular weight excluding hydrogens is 399 g/mol. The molecule has 4 aromatic rings. The molecule has 7 heteroatoms. The van der Waals surface area contributed by atoms with Crippen molar-refractivity contribution < 1.29 is 23.8 Å². The van der Waals surface area contributed by atoms with Gasteiger partial charge in [0.25, 0.3) is 0 Å². The Morgan fingerprint density at radius 1 is 1.13 bits per heavy atom. The third-order valence-corrected chi connectivity index (χ3v) is 4.99. The van der Waals surface area contributed by atoms with Gasteiger partial charge in [0, 0.05) is 5.39 Å². The molecule has 0 fully saturated rings. The van der Waals surface area contributed by atoms with E-state index in [9.17, 15) is 9.18 Å². The quantitative estimate of drug-likeness (QED) is 0.439. The van der Waals surface area contributed by atoms with E-state index in [1.165, 1.54) is 13.2 Å². The average molecular weight is 420 g/mol. The van der Waals surface area contributed by atoms with Crippen molar-refractivity contribution in [2.24, 2.45) is 0 Å². The summed E-state index contributed by atoms with van der Waals surface area (Å²) in [5.41, 5.74) is 2.96. The number of fused-ring (bicyclic) bond motifs is 1. The number of hydrogen-bond acceptors (Lipinski definition) is 4. The Labute approximate surface area is 178 Å². The molecule has 6 nitrogen and oxygen atoms in total. The van der Waals surface area contributed by atoms with Crippen LogP contribution in [0.1, 0.15) is 12.0 Å². The second kappa shape index (κ2) is 8.87. The van der Waals surface area contributed by atoms with E-state index in [0.717, 1.165) is 22.0 Å². The van der Waals surface area contributed by atoms with Gasteiger partial charge in [-0.3, -0.25) is 9.48 Å². The van der Waals surface area contributed by atoms with Crippen molar-refractivity contribution in [1.29, 1.82) is 0 Å². The van der Waals surface area contributed by atoms with Crippen molar-refractivity contribution in [2.45, 2.75) is 19.6 Å². The van der Waals surface area contributed by atoms with Gasteiger partial charge < -0.3 is 14.6 Å². The number of aliphatic carboxylic acids is 1.